The summed E-state index contributed by atoms with van der Waals surface area (Å²) in [6, 6.07) is -0.0343. The van der Waals surface area contributed by atoms with E-state index in [4.69, 9.17) is 9.47 Å². The summed E-state index contributed by atoms with van der Waals surface area (Å²) in [5, 5.41) is 4.96. The SMILES string of the molecule is Cc1cn2c(C(=O)N[C@@H]3CCOC[C@H]3OCCN(C)C)csc2n1. The third-order valence-corrected chi connectivity index (χ3v) is 4.89. The van der Waals surface area contributed by atoms with Crippen molar-refractivity contribution < 1.29 is 14.3 Å². The number of imidazole rings is 1. The van der Waals surface area contributed by atoms with Gasteiger partial charge in [-0.25, -0.2) is 4.98 Å². The Hall–Kier alpha value is -1.48. The smallest absolute Gasteiger partial charge is 0.269 e. The molecule has 1 aliphatic heterocycles. The molecular weight excluding hydrogens is 328 g/mol. The standard InChI is InChI=1S/C16H24N4O3S/c1-11-8-20-13(10-24-16(20)17-11)15(21)18-12-4-6-22-9-14(12)23-7-5-19(2)3/h8,10,12,14H,4-7,9H2,1-3H3,(H,18,21)/t12-,14-/m1/s1. The minimum absolute atomic E-state index is 0.0343. The number of nitrogens with one attached hydrogen (secondary N) is 1. The molecule has 0 spiro atoms. The van der Waals surface area contributed by atoms with Crippen LogP contribution in [0.1, 0.15) is 22.6 Å². The number of thiazole rings is 1. The van der Waals surface area contributed by atoms with Crippen molar-refractivity contribution >= 4 is 22.2 Å². The predicted molar refractivity (Wildman–Crippen MR) is 92.8 cm³/mol. The largest absolute Gasteiger partial charge is 0.379 e. The first-order chi connectivity index (χ1) is 11.5. The summed E-state index contributed by atoms with van der Waals surface area (Å²) < 4.78 is 13.3. The van der Waals surface area contributed by atoms with Crippen molar-refractivity contribution in [1.82, 2.24) is 19.6 Å². The lowest BCUT2D eigenvalue weighted by molar-refractivity contribution is -0.0691. The fourth-order valence-electron chi connectivity index (χ4n) is 2.73. The number of rotatable bonds is 6. The van der Waals surface area contributed by atoms with Crippen LogP contribution >= 0.6 is 11.3 Å². The monoisotopic (exact) mass is 352 g/mol. The van der Waals surface area contributed by atoms with E-state index < -0.39 is 0 Å². The number of amides is 1. The van der Waals surface area contributed by atoms with Crippen LogP contribution in [0.5, 0.6) is 0 Å². The van der Waals surface area contributed by atoms with E-state index in [1.807, 2.05) is 37.0 Å². The van der Waals surface area contributed by atoms with Gasteiger partial charge in [0.25, 0.3) is 5.91 Å². The number of nitrogens with zero attached hydrogens (tertiary/aromatic N) is 3. The van der Waals surface area contributed by atoms with E-state index in [1.165, 1.54) is 11.3 Å². The fraction of sp³-hybridized carbons (Fsp3) is 0.625. The van der Waals surface area contributed by atoms with Crippen molar-refractivity contribution in [2.24, 2.45) is 0 Å². The van der Waals surface area contributed by atoms with E-state index in [1.54, 1.807) is 0 Å². The van der Waals surface area contributed by atoms with E-state index >= 15 is 0 Å². The number of likely N-dealkylation sites (N-methyl/N-ethyl adjacent to an activating group) is 1. The van der Waals surface area contributed by atoms with Crippen LogP contribution in [-0.4, -0.2) is 72.8 Å². The number of aromatic nitrogens is 2. The Balaban J connectivity index is 1.64. The molecule has 1 saturated heterocycles. The van der Waals surface area contributed by atoms with Gasteiger partial charge in [0.15, 0.2) is 4.96 Å². The molecule has 1 N–H and O–H groups in total. The number of ether oxygens (including phenoxy) is 2. The van der Waals surface area contributed by atoms with Crippen molar-refractivity contribution in [3.05, 3.63) is 23.0 Å². The fourth-order valence-corrected chi connectivity index (χ4v) is 3.63. The van der Waals surface area contributed by atoms with Gasteiger partial charge in [-0.1, -0.05) is 0 Å². The number of hydrogen-bond donors (Lipinski definition) is 1. The summed E-state index contributed by atoms with van der Waals surface area (Å²) in [6.07, 6.45) is 2.53. The molecule has 132 valence electrons. The Morgan fingerprint density at radius 2 is 2.42 bits per heavy atom. The normalized spacial score (nSPS) is 21.5. The average Bonchev–Trinajstić information content (AvgIpc) is 3.07. The van der Waals surface area contributed by atoms with Crippen LogP contribution in [0.3, 0.4) is 0 Å². The van der Waals surface area contributed by atoms with Gasteiger partial charge in [-0.3, -0.25) is 9.20 Å². The molecule has 1 fully saturated rings. The van der Waals surface area contributed by atoms with Gasteiger partial charge in [-0.05, 0) is 27.4 Å². The van der Waals surface area contributed by atoms with E-state index in [0.717, 1.165) is 23.6 Å². The molecule has 24 heavy (non-hydrogen) atoms. The predicted octanol–water partition coefficient (Wildman–Crippen LogP) is 1.17. The van der Waals surface area contributed by atoms with Crippen LogP contribution in [-0.2, 0) is 9.47 Å². The first kappa shape index (κ1) is 17.3. The third-order valence-electron chi connectivity index (χ3n) is 4.05. The van der Waals surface area contributed by atoms with Gasteiger partial charge >= 0.3 is 0 Å². The molecule has 1 amide bonds. The van der Waals surface area contributed by atoms with Crippen molar-refractivity contribution in [3.8, 4) is 0 Å². The van der Waals surface area contributed by atoms with Gasteiger partial charge < -0.3 is 19.7 Å². The van der Waals surface area contributed by atoms with Crippen LogP contribution in [0.25, 0.3) is 4.96 Å². The van der Waals surface area contributed by atoms with E-state index in [-0.39, 0.29) is 18.1 Å². The second kappa shape index (κ2) is 7.60. The van der Waals surface area contributed by atoms with Crippen LogP contribution in [0, 0.1) is 6.92 Å². The lowest BCUT2D eigenvalue weighted by Gasteiger charge is -2.32. The van der Waals surface area contributed by atoms with Crippen LogP contribution < -0.4 is 5.32 Å². The van der Waals surface area contributed by atoms with E-state index in [0.29, 0.717) is 25.5 Å². The van der Waals surface area contributed by atoms with Crippen LogP contribution in [0.15, 0.2) is 11.6 Å². The Kier molecular flexibility index (Phi) is 5.50. The first-order valence-electron chi connectivity index (χ1n) is 8.12. The zero-order valence-corrected chi connectivity index (χ0v) is 15.1. The van der Waals surface area contributed by atoms with Crippen molar-refractivity contribution in [1.29, 1.82) is 0 Å². The Bertz CT molecular complexity index is 697. The molecule has 8 heteroatoms. The lowest BCUT2D eigenvalue weighted by Crippen LogP contribution is -2.50. The highest BCUT2D eigenvalue weighted by molar-refractivity contribution is 7.15. The number of carbonyl (C=O) groups excluding carboxylic acids is 1. The third kappa shape index (κ3) is 3.94. The van der Waals surface area contributed by atoms with Gasteiger partial charge in [0, 0.05) is 24.7 Å². The van der Waals surface area contributed by atoms with Gasteiger partial charge in [0.2, 0.25) is 0 Å². The number of fused-ring (bicyclic) bond motifs is 1. The zero-order chi connectivity index (χ0) is 17.1. The molecule has 2 aromatic rings. The highest BCUT2D eigenvalue weighted by Crippen LogP contribution is 2.18. The maximum atomic E-state index is 12.7. The second-order valence-corrected chi connectivity index (χ2v) is 7.15. The summed E-state index contributed by atoms with van der Waals surface area (Å²) in [7, 11) is 4.02. The summed E-state index contributed by atoms with van der Waals surface area (Å²) in [4.78, 5) is 20.0. The molecule has 0 bridgehead atoms. The molecule has 3 rings (SSSR count). The van der Waals surface area contributed by atoms with Crippen LogP contribution in [0.2, 0.25) is 0 Å². The Morgan fingerprint density at radius 3 is 3.21 bits per heavy atom. The van der Waals surface area contributed by atoms with E-state index in [2.05, 4.69) is 15.2 Å². The maximum absolute atomic E-state index is 12.7. The lowest BCUT2D eigenvalue weighted by atomic mass is 10.1. The molecule has 0 aromatic carbocycles. The number of aryl methyl sites for hydroxylation is 1. The van der Waals surface area contributed by atoms with E-state index in [9.17, 15) is 4.79 Å². The Labute approximate surface area is 145 Å². The molecule has 0 radical (unpaired) electrons. The minimum atomic E-state index is -0.110. The van der Waals surface area contributed by atoms with Gasteiger partial charge in [-0.15, -0.1) is 11.3 Å². The molecular formula is C16H24N4O3S. The highest BCUT2D eigenvalue weighted by atomic mass is 32.1. The number of hydrogen-bond acceptors (Lipinski definition) is 6. The second-order valence-electron chi connectivity index (χ2n) is 6.31. The summed E-state index contributed by atoms with van der Waals surface area (Å²) >= 11 is 1.47. The molecule has 2 aromatic heterocycles. The summed E-state index contributed by atoms with van der Waals surface area (Å²) in [6.45, 7) is 4.55. The minimum Gasteiger partial charge on any atom is -0.379 e. The number of carbonyl (C=O) groups is 1. The molecule has 0 aliphatic carbocycles. The van der Waals surface area contributed by atoms with Crippen molar-refractivity contribution in [2.45, 2.75) is 25.5 Å². The van der Waals surface area contributed by atoms with Crippen molar-refractivity contribution in [3.63, 3.8) is 0 Å². The Morgan fingerprint density at radius 1 is 1.58 bits per heavy atom. The average molecular weight is 352 g/mol. The molecule has 1 aliphatic rings. The highest BCUT2D eigenvalue weighted by Gasteiger charge is 2.29. The molecule has 0 saturated carbocycles. The van der Waals surface area contributed by atoms with Gasteiger partial charge in [-0.2, -0.15) is 0 Å². The molecule has 2 atom stereocenters. The summed E-state index contributed by atoms with van der Waals surface area (Å²) in [5.74, 6) is -0.0910. The molecule has 0 unspecified atom stereocenters. The van der Waals surface area contributed by atoms with Gasteiger partial charge in [0.05, 0.1) is 24.9 Å². The van der Waals surface area contributed by atoms with Crippen LogP contribution in [0.4, 0.5) is 0 Å². The summed E-state index contributed by atoms with van der Waals surface area (Å²) in [5.41, 5.74) is 1.53. The van der Waals surface area contributed by atoms with Crippen molar-refractivity contribution in [2.75, 3.05) is 40.5 Å². The van der Waals surface area contributed by atoms with Gasteiger partial charge in [0.1, 0.15) is 11.8 Å². The topological polar surface area (TPSA) is 68.1 Å². The molecule has 3 heterocycles. The molecule has 7 nitrogen and oxygen atoms in total. The maximum Gasteiger partial charge on any atom is 0.269 e. The zero-order valence-electron chi connectivity index (χ0n) is 14.3. The quantitative estimate of drug-likeness (QED) is 0.845. The first-order valence-corrected chi connectivity index (χ1v) is 9.00.